The van der Waals surface area contributed by atoms with E-state index in [2.05, 4.69) is 19.2 Å². The number of rotatable bonds is 10. The second kappa shape index (κ2) is 9.89. The fourth-order valence-corrected chi connectivity index (χ4v) is 2.22. The average molecular weight is 281 g/mol. The summed E-state index contributed by atoms with van der Waals surface area (Å²) in [7, 11) is 0. The van der Waals surface area contributed by atoms with Crippen LogP contribution in [0.1, 0.15) is 44.2 Å². The lowest BCUT2D eigenvalue weighted by Gasteiger charge is -2.20. The second-order valence-corrected chi connectivity index (χ2v) is 5.33. The van der Waals surface area contributed by atoms with Crippen molar-refractivity contribution < 1.29 is 9.13 Å². The van der Waals surface area contributed by atoms with Gasteiger partial charge in [-0.2, -0.15) is 0 Å². The Labute approximate surface area is 122 Å². The van der Waals surface area contributed by atoms with E-state index in [1.54, 1.807) is 6.07 Å². The minimum atomic E-state index is -0.151. The standard InChI is InChI=1S/C17H28FNO/c1-4-9-19-17(8-11-20-10-5-2)13-15-12-16(18)7-6-14(15)3/h6-7,12,17,19H,4-5,8-11,13H2,1-3H3. The van der Waals surface area contributed by atoms with Crippen LogP contribution in [-0.4, -0.2) is 25.8 Å². The highest BCUT2D eigenvalue weighted by Gasteiger charge is 2.11. The molecule has 114 valence electrons. The lowest BCUT2D eigenvalue weighted by Crippen LogP contribution is -2.33. The van der Waals surface area contributed by atoms with Crippen molar-refractivity contribution in [3.63, 3.8) is 0 Å². The molecule has 0 aromatic heterocycles. The summed E-state index contributed by atoms with van der Waals surface area (Å²) in [4.78, 5) is 0. The molecule has 0 bridgehead atoms. The number of hydrogen-bond donors (Lipinski definition) is 1. The third kappa shape index (κ3) is 6.49. The van der Waals surface area contributed by atoms with Crippen LogP contribution < -0.4 is 5.32 Å². The first-order valence-electron chi connectivity index (χ1n) is 7.73. The van der Waals surface area contributed by atoms with Crippen LogP contribution >= 0.6 is 0 Å². The maximum atomic E-state index is 13.4. The number of ether oxygens (including phenoxy) is 1. The summed E-state index contributed by atoms with van der Waals surface area (Å²) in [6.45, 7) is 8.89. The fraction of sp³-hybridized carbons (Fsp3) is 0.647. The molecule has 2 nitrogen and oxygen atoms in total. The molecule has 0 amide bonds. The smallest absolute Gasteiger partial charge is 0.123 e. The van der Waals surface area contributed by atoms with E-state index in [0.717, 1.165) is 56.6 Å². The highest BCUT2D eigenvalue weighted by molar-refractivity contribution is 5.27. The number of benzene rings is 1. The van der Waals surface area contributed by atoms with E-state index in [1.807, 2.05) is 13.0 Å². The van der Waals surface area contributed by atoms with Crippen LogP contribution in [0.25, 0.3) is 0 Å². The molecule has 20 heavy (non-hydrogen) atoms. The Bertz CT molecular complexity index is 381. The molecule has 0 heterocycles. The lowest BCUT2D eigenvalue weighted by molar-refractivity contribution is 0.124. The van der Waals surface area contributed by atoms with Gasteiger partial charge < -0.3 is 10.1 Å². The molecule has 0 fully saturated rings. The van der Waals surface area contributed by atoms with E-state index in [4.69, 9.17) is 4.74 Å². The molecule has 0 aliphatic heterocycles. The third-order valence-corrected chi connectivity index (χ3v) is 3.42. The summed E-state index contributed by atoms with van der Waals surface area (Å²) >= 11 is 0. The molecular formula is C17H28FNO. The van der Waals surface area contributed by atoms with Crippen molar-refractivity contribution in [2.45, 2.75) is 52.5 Å². The van der Waals surface area contributed by atoms with Gasteiger partial charge >= 0.3 is 0 Å². The average Bonchev–Trinajstić information content (AvgIpc) is 2.44. The van der Waals surface area contributed by atoms with Gasteiger partial charge in [0.25, 0.3) is 0 Å². The van der Waals surface area contributed by atoms with Crippen LogP contribution in [0.5, 0.6) is 0 Å². The summed E-state index contributed by atoms with van der Waals surface area (Å²) < 4.78 is 18.9. The van der Waals surface area contributed by atoms with Crippen molar-refractivity contribution in [1.29, 1.82) is 0 Å². The van der Waals surface area contributed by atoms with Crippen LogP contribution in [-0.2, 0) is 11.2 Å². The number of nitrogens with one attached hydrogen (secondary N) is 1. The Morgan fingerprint density at radius 2 is 2.00 bits per heavy atom. The molecule has 1 rings (SSSR count). The van der Waals surface area contributed by atoms with Crippen molar-refractivity contribution in [2.24, 2.45) is 0 Å². The molecular weight excluding hydrogens is 253 g/mol. The first kappa shape index (κ1) is 17.1. The lowest BCUT2D eigenvalue weighted by atomic mass is 9.99. The molecule has 1 N–H and O–H groups in total. The predicted octanol–water partition coefficient (Wildman–Crippen LogP) is 3.86. The highest BCUT2D eigenvalue weighted by Crippen LogP contribution is 2.14. The van der Waals surface area contributed by atoms with Gasteiger partial charge in [0.1, 0.15) is 5.82 Å². The van der Waals surface area contributed by atoms with Gasteiger partial charge in [0.15, 0.2) is 0 Å². The summed E-state index contributed by atoms with van der Waals surface area (Å²) in [5, 5.41) is 3.54. The fourth-order valence-electron chi connectivity index (χ4n) is 2.22. The second-order valence-electron chi connectivity index (χ2n) is 5.33. The Morgan fingerprint density at radius 1 is 1.20 bits per heavy atom. The predicted molar refractivity (Wildman–Crippen MR) is 82.6 cm³/mol. The summed E-state index contributed by atoms with van der Waals surface area (Å²) in [5.74, 6) is -0.151. The molecule has 1 aromatic rings. The summed E-state index contributed by atoms with van der Waals surface area (Å²) in [6, 6.07) is 5.39. The Morgan fingerprint density at radius 3 is 2.70 bits per heavy atom. The van der Waals surface area contributed by atoms with E-state index >= 15 is 0 Å². The monoisotopic (exact) mass is 281 g/mol. The zero-order valence-corrected chi connectivity index (χ0v) is 13.0. The molecule has 0 spiro atoms. The van der Waals surface area contributed by atoms with Crippen molar-refractivity contribution in [2.75, 3.05) is 19.8 Å². The molecule has 0 aliphatic rings. The molecule has 0 radical (unpaired) electrons. The molecule has 3 heteroatoms. The van der Waals surface area contributed by atoms with Crippen molar-refractivity contribution in [3.8, 4) is 0 Å². The van der Waals surface area contributed by atoms with E-state index < -0.39 is 0 Å². The molecule has 1 unspecified atom stereocenters. The van der Waals surface area contributed by atoms with Crippen LogP contribution in [0.3, 0.4) is 0 Å². The van der Waals surface area contributed by atoms with E-state index in [9.17, 15) is 4.39 Å². The molecule has 0 saturated heterocycles. The van der Waals surface area contributed by atoms with E-state index in [1.165, 1.54) is 6.07 Å². The van der Waals surface area contributed by atoms with E-state index in [0.29, 0.717) is 6.04 Å². The largest absolute Gasteiger partial charge is 0.381 e. The van der Waals surface area contributed by atoms with Gasteiger partial charge in [0, 0.05) is 19.3 Å². The maximum absolute atomic E-state index is 13.4. The maximum Gasteiger partial charge on any atom is 0.123 e. The van der Waals surface area contributed by atoms with Crippen LogP contribution in [0.4, 0.5) is 4.39 Å². The molecule has 1 atom stereocenters. The minimum Gasteiger partial charge on any atom is -0.381 e. The number of halogens is 1. The van der Waals surface area contributed by atoms with Crippen molar-refractivity contribution in [1.82, 2.24) is 5.32 Å². The zero-order chi connectivity index (χ0) is 14.8. The van der Waals surface area contributed by atoms with Crippen molar-refractivity contribution >= 4 is 0 Å². The van der Waals surface area contributed by atoms with Gasteiger partial charge in [-0.3, -0.25) is 0 Å². The van der Waals surface area contributed by atoms with Gasteiger partial charge in [0.05, 0.1) is 0 Å². The topological polar surface area (TPSA) is 21.3 Å². The van der Waals surface area contributed by atoms with Gasteiger partial charge in [0.2, 0.25) is 0 Å². The van der Waals surface area contributed by atoms with Gasteiger partial charge in [-0.1, -0.05) is 19.9 Å². The Kier molecular flexibility index (Phi) is 8.47. The van der Waals surface area contributed by atoms with Gasteiger partial charge in [-0.15, -0.1) is 0 Å². The molecule has 0 aliphatic carbocycles. The molecule has 1 aromatic carbocycles. The summed E-state index contributed by atoms with van der Waals surface area (Å²) in [5.41, 5.74) is 2.25. The van der Waals surface area contributed by atoms with Crippen molar-refractivity contribution in [3.05, 3.63) is 35.1 Å². The Balaban J connectivity index is 2.55. The quantitative estimate of drug-likeness (QED) is 0.658. The van der Waals surface area contributed by atoms with Crippen LogP contribution in [0.15, 0.2) is 18.2 Å². The summed E-state index contributed by atoms with van der Waals surface area (Å²) in [6.07, 6.45) is 3.99. The highest BCUT2D eigenvalue weighted by atomic mass is 19.1. The normalized spacial score (nSPS) is 12.6. The first-order chi connectivity index (χ1) is 9.67. The minimum absolute atomic E-state index is 0.151. The van der Waals surface area contributed by atoms with Gasteiger partial charge in [-0.05, 0) is 62.4 Å². The first-order valence-corrected chi connectivity index (χ1v) is 7.73. The van der Waals surface area contributed by atoms with Gasteiger partial charge in [-0.25, -0.2) is 4.39 Å². The van der Waals surface area contributed by atoms with Crippen LogP contribution in [0, 0.1) is 12.7 Å². The molecule has 0 saturated carbocycles. The number of aryl methyl sites for hydroxylation is 1. The SMILES string of the molecule is CCCNC(CCOCCC)Cc1cc(F)ccc1C. The van der Waals surface area contributed by atoms with E-state index in [-0.39, 0.29) is 5.82 Å². The van der Waals surface area contributed by atoms with Crippen LogP contribution in [0.2, 0.25) is 0 Å². The third-order valence-electron chi connectivity index (χ3n) is 3.42. The zero-order valence-electron chi connectivity index (χ0n) is 13.0. The number of hydrogen-bond acceptors (Lipinski definition) is 2. The Hall–Kier alpha value is -0.930.